The number of hydrogen-bond acceptors (Lipinski definition) is 5. The van der Waals surface area contributed by atoms with Gasteiger partial charge in [-0.3, -0.25) is 4.79 Å². The number of aromatic nitrogens is 3. The molecule has 2 heterocycles. The Morgan fingerprint density at radius 1 is 1.09 bits per heavy atom. The van der Waals surface area contributed by atoms with Crippen LogP contribution in [-0.2, 0) is 11.3 Å². The molecular weight excluding hydrogens is 420 g/mol. The first-order valence-electron chi connectivity index (χ1n) is 10.5. The summed E-state index contributed by atoms with van der Waals surface area (Å²) in [6.07, 6.45) is 1.65. The fourth-order valence-electron chi connectivity index (χ4n) is 3.55. The van der Waals surface area contributed by atoms with E-state index in [-0.39, 0.29) is 5.91 Å². The van der Waals surface area contributed by atoms with Gasteiger partial charge in [0.1, 0.15) is 11.0 Å². The number of hydrogen-bond donors (Lipinski definition) is 1. The van der Waals surface area contributed by atoms with Gasteiger partial charge in [0, 0.05) is 12.2 Å². The molecule has 0 aliphatic carbocycles. The molecule has 4 aromatic rings. The highest BCUT2D eigenvalue weighted by Gasteiger charge is 2.26. The minimum atomic E-state index is -0.482. The number of amides is 1. The molecule has 0 saturated carbocycles. The third-order valence-corrected chi connectivity index (χ3v) is 6.58. The molecule has 32 heavy (non-hydrogen) atoms. The van der Waals surface area contributed by atoms with Crippen LogP contribution in [0.4, 0.5) is 5.69 Å². The molecule has 6 nitrogen and oxygen atoms in total. The minimum Gasteiger partial charge on any atom is -0.469 e. The predicted octanol–water partition coefficient (Wildman–Crippen LogP) is 5.96. The van der Waals surface area contributed by atoms with Crippen LogP contribution in [0.2, 0.25) is 0 Å². The number of furan rings is 1. The molecule has 164 valence electrons. The van der Waals surface area contributed by atoms with Crippen LogP contribution in [0.1, 0.15) is 34.6 Å². The van der Waals surface area contributed by atoms with Gasteiger partial charge in [0.25, 0.3) is 0 Å². The number of rotatable bonds is 7. The molecule has 0 aliphatic rings. The maximum atomic E-state index is 13.5. The van der Waals surface area contributed by atoms with Crippen molar-refractivity contribution in [1.82, 2.24) is 14.8 Å². The molecule has 0 fully saturated rings. The SMILES string of the molecule is CCn1c(SC(C(=O)Nc2cc(C)ccc2C)c2ccccc2)nnc1-c1ccoc1C. The summed E-state index contributed by atoms with van der Waals surface area (Å²) in [5.74, 6) is 1.43. The average molecular weight is 447 g/mol. The van der Waals surface area contributed by atoms with Crippen molar-refractivity contribution in [2.24, 2.45) is 0 Å². The lowest BCUT2D eigenvalue weighted by Gasteiger charge is -2.18. The van der Waals surface area contributed by atoms with E-state index in [4.69, 9.17) is 4.42 Å². The molecule has 0 radical (unpaired) electrons. The smallest absolute Gasteiger partial charge is 0.242 e. The highest BCUT2D eigenvalue weighted by molar-refractivity contribution is 8.00. The maximum absolute atomic E-state index is 13.5. The first-order valence-corrected chi connectivity index (χ1v) is 11.4. The van der Waals surface area contributed by atoms with Crippen LogP contribution in [0.5, 0.6) is 0 Å². The van der Waals surface area contributed by atoms with Crippen LogP contribution in [0.25, 0.3) is 11.4 Å². The van der Waals surface area contributed by atoms with Crippen molar-refractivity contribution in [2.75, 3.05) is 5.32 Å². The van der Waals surface area contributed by atoms with Crippen molar-refractivity contribution in [3.63, 3.8) is 0 Å². The zero-order valence-electron chi connectivity index (χ0n) is 18.6. The average Bonchev–Trinajstić information content (AvgIpc) is 3.40. The topological polar surface area (TPSA) is 73.0 Å². The first kappa shape index (κ1) is 21.9. The lowest BCUT2D eigenvalue weighted by Crippen LogP contribution is -2.20. The summed E-state index contributed by atoms with van der Waals surface area (Å²) in [5.41, 5.74) is 4.76. The Morgan fingerprint density at radius 2 is 1.88 bits per heavy atom. The van der Waals surface area contributed by atoms with E-state index in [0.29, 0.717) is 11.7 Å². The van der Waals surface area contributed by atoms with Crippen molar-refractivity contribution in [1.29, 1.82) is 0 Å². The fourth-order valence-corrected chi connectivity index (χ4v) is 4.65. The summed E-state index contributed by atoms with van der Waals surface area (Å²) in [4.78, 5) is 13.5. The highest BCUT2D eigenvalue weighted by Crippen LogP contribution is 2.37. The highest BCUT2D eigenvalue weighted by atomic mass is 32.2. The molecule has 7 heteroatoms. The molecule has 4 rings (SSSR count). The van der Waals surface area contributed by atoms with E-state index < -0.39 is 5.25 Å². The molecule has 1 atom stereocenters. The zero-order valence-corrected chi connectivity index (χ0v) is 19.4. The number of nitrogens with zero attached hydrogens (tertiary/aromatic N) is 3. The van der Waals surface area contributed by atoms with Gasteiger partial charge >= 0.3 is 0 Å². The number of carbonyl (C=O) groups excluding carboxylic acids is 1. The van der Waals surface area contributed by atoms with Gasteiger partial charge in [-0.2, -0.15) is 0 Å². The number of carbonyl (C=O) groups is 1. The van der Waals surface area contributed by atoms with Crippen LogP contribution in [0, 0.1) is 20.8 Å². The molecule has 0 bridgehead atoms. The van der Waals surface area contributed by atoms with Crippen molar-refractivity contribution < 1.29 is 9.21 Å². The number of benzene rings is 2. The van der Waals surface area contributed by atoms with Crippen LogP contribution in [0.3, 0.4) is 0 Å². The zero-order chi connectivity index (χ0) is 22.7. The van der Waals surface area contributed by atoms with Crippen LogP contribution >= 0.6 is 11.8 Å². The summed E-state index contributed by atoms with van der Waals surface area (Å²) >= 11 is 1.40. The summed E-state index contributed by atoms with van der Waals surface area (Å²) in [5, 5.41) is 12.2. The van der Waals surface area contributed by atoms with E-state index in [1.54, 1.807) is 6.26 Å². The molecule has 1 unspecified atom stereocenters. The molecule has 0 aliphatic heterocycles. The largest absolute Gasteiger partial charge is 0.469 e. The fraction of sp³-hybridized carbons (Fsp3) is 0.240. The lowest BCUT2D eigenvalue weighted by atomic mass is 10.1. The Balaban J connectivity index is 1.68. The molecule has 1 N–H and O–H groups in total. The summed E-state index contributed by atoms with van der Waals surface area (Å²) < 4.78 is 7.47. The number of thioether (sulfide) groups is 1. The minimum absolute atomic E-state index is 0.0957. The first-order chi connectivity index (χ1) is 15.5. The van der Waals surface area contributed by atoms with Gasteiger partial charge in [0.2, 0.25) is 5.91 Å². The van der Waals surface area contributed by atoms with Gasteiger partial charge in [0.15, 0.2) is 11.0 Å². The van der Waals surface area contributed by atoms with Gasteiger partial charge in [0.05, 0.1) is 11.8 Å². The van der Waals surface area contributed by atoms with Crippen molar-refractivity contribution in [3.05, 3.63) is 83.3 Å². The van der Waals surface area contributed by atoms with Crippen LogP contribution in [0.15, 0.2) is 70.4 Å². The number of anilines is 1. The van der Waals surface area contributed by atoms with E-state index in [2.05, 4.69) is 15.5 Å². The lowest BCUT2D eigenvalue weighted by molar-refractivity contribution is -0.115. The summed E-state index contributed by atoms with van der Waals surface area (Å²) in [7, 11) is 0. The Hall–Kier alpha value is -3.32. The van der Waals surface area contributed by atoms with Gasteiger partial charge in [-0.1, -0.05) is 54.2 Å². The third kappa shape index (κ3) is 4.48. The van der Waals surface area contributed by atoms with Crippen molar-refractivity contribution in [2.45, 2.75) is 44.6 Å². The molecule has 0 saturated heterocycles. The van der Waals surface area contributed by atoms with Gasteiger partial charge in [-0.05, 0) is 56.5 Å². The van der Waals surface area contributed by atoms with E-state index in [0.717, 1.165) is 39.5 Å². The molecular formula is C25H26N4O2S. The third-order valence-electron chi connectivity index (χ3n) is 5.35. The predicted molar refractivity (Wildman–Crippen MR) is 128 cm³/mol. The Kier molecular flexibility index (Phi) is 6.46. The number of aryl methyl sites for hydroxylation is 3. The standard InChI is InChI=1S/C25H26N4O2S/c1-5-29-23(20-13-14-31-18(20)4)27-28-25(29)32-22(19-9-7-6-8-10-19)24(30)26-21-15-16(2)11-12-17(21)3/h6-15,22H,5H2,1-4H3,(H,26,30). The Labute approximate surface area is 192 Å². The summed E-state index contributed by atoms with van der Waals surface area (Å²) in [6.45, 7) is 8.63. The monoisotopic (exact) mass is 446 g/mol. The molecule has 0 spiro atoms. The van der Waals surface area contributed by atoms with E-state index in [9.17, 15) is 4.79 Å². The Bertz CT molecular complexity index is 1230. The number of nitrogens with one attached hydrogen (secondary N) is 1. The Morgan fingerprint density at radius 3 is 2.56 bits per heavy atom. The molecule has 2 aromatic carbocycles. The van der Waals surface area contributed by atoms with Gasteiger partial charge < -0.3 is 14.3 Å². The second-order valence-corrected chi connectivity index (χ2v) is 8.73. The van der Waals surface area contributed by atoms with Crippen molar-refractivity contribution >= 4 is 23.4 Å². The van der Waals surface area contributed by atoms with Gasteiger partial charge in [-0.25, -0.2) is 0 Å². The summed E-state index contributed by atoms with van der Waals surface area (Å²) in [6, 6.07) is 17.7. The normalized spacial score (nSPS) is 12.0. The van der Waals surface area contributed by atoms with E-state index in [1.165, 1.54) is 11.8 Å². The molecule has 1 amide bonds. The quantitative estimate of drug-likeness (QED) is 0.355. The molecule has 2 aromatic heterocycles. The van der Waals surface area contributed by atoms with Crippen LogP contribution < -0.4 is 5.32 Å². The second-order valence-electron chi connectivity index (χ2n) is 7.66. The second kappa shape index (κ2) is 9.44. The van der Waals surface area contributed by atoms with Gasteiger partial charge in [-0.15, -0.1) is 10.2 Å². The van der Waals surface area contributed by atoms with E-state index in [1.807, 2.05) is 86.9 Å². The maximum Gasteiger partial charge on any atom is 0.242 e. The van der Waals surface area contributed by atoms with E-state index >= 15 is 0 Å². The van der Waals surface area contributed by atoms with Crippen molar-refractivity contribution in [3.8, 4) is 11.4 Å². The van der Waals surface area contributed by atoms with Crippen LogP contribution in [-0.4, -0.2) is 20.7 Å².